The molecule has 1 aliphatic heterocycles. The standard InChI is InChI=1S/C28H25N5O5S/c1-16-10-20(31-33(16)21-6-4-5-7-22(21)36-3)26-17(2)30-28-32(27(26)35)19(14-39-28)12-25(34)29-13-18-8-9-23-24(11-18)38-15-37-23/h4-11,14H,12-13,15H2,1-3H3,(H,29,34). The number of nitrogens with one attached hydrogen (secondary N) is 1. The second-order valence-electron chi connectivity index (χ2n) is 9.12. The highest BCUT2D eigenvalue weighted by atomic mass is 32.1. The predicted octanol–water partition coefficient (Wildman–Crippen LogP) is 3.82. The Hall–Kier alpha value is -4.64. The summed E-state index contributed by atoms with van der Waals surface area (Å²) in [5, 5.41) is 9.45. The normalized spacial score (nSPS) is 12.2. The van der Waals surface area contributed by atoms with Crippen LogP contribution >= 0.6 is 11.3 Å². The Morgan fingerprint density at radius 2 is 1.95 bits per heavy atom. The monoisotopic (exact) mass is 543 g/mol. The average molecular weight is 544 g/mol. The van der Waals surface area contributed by atoms with Crippen molar-refractivity contribution in [2.24, 2.45) is 0 Å². The highest BCUT2D eigenvalue weighted by Crippen LogP contribution is 2.32. The number of rotatable bonds is 7. The van der Waals surface area contributed by atoms with Crippen LogP contribution in [-0.2, 0) is 17.8 Å². The SMILES string of the molecule is COc1ccccc1-n1nc(-c2c(C)nc3scc(CC(=O)NCc4ccc5c(c4)OCO5)n3c2=O)cc1C. The van der Waals surface area contributed by atoms with E-state index in [1.165, 1.54) is 15.7 Å². The number of aryl methyl sites for hydroxylation is 2. The van der Waals surface area contributed by atoms with Crippen molar-refractivity contribution < 1.29 is 19.0 Å². The lowest BCUT2D eigenvalue weighted by Crippen LogP contribution is -2.27. The summed E-state index contributed by atoms with van der Waals surface area (Å²) in [6.45, 7) is 4.24. The van der Waals surface area contributed by atoms with E-state index in [-0.39, 0.29) is 24.7 Å². The Labute approximate surface area is 227 Å². The summed E-state index contributed by atoms with van der Waals surface area (Å²) in [5.41, 5.74) is 4.28. The van der Waals surface area contributed by atoms with Gasteiger partial charge < -0.3 is 19.5 Å². The maximum absolute atomic E-state index is 13.8. The van der Waals surface area contributed by atoms with Gasteiger partial charge in [-0.3, -0.25) is 14.0 Å². The van der Waals surface area contributed by atoms with Crippen molar-refractivity contribution in [3.05, 3.63) is 86.9 Å². The number of nitrogens with zero attached hydrogens (tertiary/aromatic N) is 4. The van der Waals surface area contributed by atoms with Crippen LogP contribution in [0, 0.1) is 13.8 Å². The van der Waals surface area contributed by atoms with Crippen LogP contribution in [0.15, 0.2) is 58.7 Å². The Bertz CT molecular complexity index is 1790. The summed E-state index contributed by atoms with van der Waals surface area (Å²) in [7, 11) is 1.61. The van der Waals surface area contributed by atoms with Gasteiger partial charge in [0.15, 0.2) is 16.5 Å². The summed E-state index contributed by atoms with van der Waals surface area (Å²) in [5.74, 6) is 1.81. The molecule has 0 fully saturated rings. The van der Waals surface area contributed by atoms with Crippen LogP contribution in [0.2, 0.25) is 0 Å². The van der Waals surface area contributed by atoms with E-state index in [1.807, 2.05) is 55.5 Å². The molecule has 0 unspecified atom stereocenters. The highest BCUT2D eigenvalue weighted by molar-refractivity contribution is 7.15. The molecule has 0 aliphatic carbocycles. The number of amides is 1. The van der Waals surface area contributed by atoms with E-state index in [4.69, 9.17) is 19.3 Å². The minimum atomic E-state index is -0.262. The number of hydrogen-bond acceptors (Lipinski definition) is 8. The third-order valence-electron chi connectivity index (χ3n) is 6.55. The van der Waals surface area contributed by atoms with Crippen LogP contribution in [0.3, 0.4) is 0 Å². The minimum absolute atomic E-state index is 0.0311. The molecule has 11 heteroatoms. The first kappa shape index (κ1) is 24.7. The van der Waals surface area contributed by atoms with Gasteiger partial charge in [-0.1, -0.05) is 18.2 Å². The fourth-order valence-electron chi connectivity index (χ4n) is 4.65. The van der Waals surface area contributed by atoms with E-state index >= 15 is 0 Å². The molecule has 6 rings (SSSR count). The van der Waals surface area contributed by atoms with E-state index in [9.17, 15) is 9.59 Å². The molecule has 3 aromatic heterocycles. The van der Waals surface area contributed by atoms with E-state index < -0.39 is 0 Å². The van der Waals surface area contributed by atoms with Crippen molar-refractivity contribution in [2.45, 2.75) is 26.8 Å². The largest absolute Gasteiger partial charge is 0.494 e. The Kier molecular flexibility index (Phi) is 6.27. The van der Waals surface area contributed by atoms with Crippen LogP contribution in [0.25, 0.3) is 21.9 Å². The number of aromatic nitrogens is 4. The molecule has 4 heterocycles. The fraction of sp³-hybridized carbons (Fsp3) is 0.214. The lowest BCUT2D eigenvalue weighted by atomic mass is 10.1. The average Bonchev–Trinajstić information content (AvgIpc) is 3.66. The van der Waals surface area contributed by atoms with Crippen LogP contribution < -0.4 is 25.1 Å². The number of hydrogen-bond donors (Lipinski definition) is 1. The Morgan fingerprint density at radius 3 is 2.79 bits per heavy atom. The van der Waals surface area contributed by atoms with Gasteiger partial charge in [0.25, 0.3) is 5.56 Å². The zero-order valence-electron chi connectivity index (χ0n) is 21.6. The summed E-state index contributed by atoms with van der Waals surface area (Å²) in [6.07, 6.45) is 0.0311. The number of ether oxygens (including phenoxy) is 3. The molecule has 1 amide bonds. The number of thiazole rings is 1. The van der Waals surface area contributed by atoms with E-state index in [1.54, 1.807) is 24.1 Å². The Morgan fingerprint density at radius 1 is 1.13 bits per heavy atom. The second-order valence-corrected chi connectivity index (χ2v) is 9.95. The molecular weight excluding hydrogens is 518 g/mol. The van der Waals surface area contributed by atoms with Crippen molar-refractivity contribution in [1.82, 2.24) is 24.5 Å². The number of carbonyl (C=O) groups is 1. The fourth-order valence-corrected chi connectivity index (χ4v) is 5.57. The van der Waals surface area contributed by atoms with Gasteiger partial charge in [0.05, 0.1) is 24.8 Å². The van der Waals surface area contributed by atoms with Crippen molar-refractivity contribution in [3.63, 3.8) is 0 Å². The minimum Gasteiger partial charge on any atom is -0.494 e. The summed E-state index contributed by atoms with van der Waals surface area (Å²) < 4.78 is 19.5. The van der Waals surface area contributed by atoms with Crippen LogP contribution in [0.1, 0.15) is 22.6 Å². The number of para-hydroxylation sites is 2. The topological polar surface area (TPSA) is 109 Å². The molecule has 1 aliphatic rings. The lowest BCUT2D eigenvalue weighted by molar-refractivity contribution is -0.120. The van der Waals surface area contributed by atoms with Crippen LogP contribution in [-0.4, -0.2) is 39.0 Å². The van der Waals surface area contributed by atoms with Gasteiger partial charge in [0.1, 0.15) is 17.1 Å². The zero-order valence-corrected chi connectivity index (χ0v) is 22.4. The van der Waals surface area contributed by atoms with Gasteiger partial charge in [0.2, 0.25) is 12.7 Å². The Balaban J connectivity index is 1.28. The number of carbonyl (C=O) groups excluding carboxylic acids is 1. The molecule has 10 nitrogen and oxygen atoms in total. The molecule has 0 spiro atoms. The predicted molar refractivity (Wildman–Crippen MR) is 146 cm³/mol. The van der Waals surface area contributed by atoms with Gasteiger partial charge in [-0.2, -0.15) is 5.10 Å². The first-order chi connectivity index (χ1) is 18.9. The molecule has 5 aromatic rings. The molecule has 2 aromatic carbocycles. The molecule has 0 saturated heterocycles. The van der Waals surface area contributed by atoms with E-state index in [0.29, 0.717) is 51.4 Å². The van der Waals surface area contributed by atoms with Gasteiger partial charge >= 0.3 is 0 Å². The molecule has 198 valence electrons. The maximum atomic E-state index is 13.8. The van der Waals surface area contributed by atoms with Crippen molar-refractivity contribution >= 4 is 22.2 Å². The molecule has 0 bridgehead atoms. The summed E-state index contributed by atoms with van der Waals surface area (Å²) in [4.78, 5) is 31.8. The summed E-state index contributed by atoms with van der Waals surface area (Å²) >= 11 is 1.33. The molecular formula is C28H25N5O5S. The third-order valence-corrected chi connectivity index (χ3v) is 7.42. The van der Waals surface area contributed by atoms with Crippen LogP contribution in [0.4, 0.5) is 0 Å². The van der Waals surface area contributed by atoms with Crippen molar-refractivity contribution in [1.29, 1.82) is 0 Å². The van der Waals surface area contributed by atoms with Crippen LogP contribution in [0.5, 0.6) is 17.2 Å². The van der Waals surface area contributed by atoms with Gasteiger partial charge in [0, 0.05) is 23.3 Å². The van der Waals surface area contributed by atoms with Gasteiger partial charge in [-0.05, 0) is 49.7 Å². The molecule has 0 atom stereocenters. The summed E-state index contributed by atoms with van der Waals surface area (Å²) in [6, 6.07) is 15.0. The molecule has 39 heavy (non-hydrogen) atoms. The van der Waals surface area contributed by atoms with Gasteiger partial charge in [-0.15, -0.1) is 11.3 Å². The molecule has 0 saturated carbocycles. The van der Waals surface area contributed by atoms with E-state index in [0.717, 1.165) is 16.9 Å². The number of methoxy groups -OCH3 is 1. The first-order valence-corrected chi connectivity index (χ1v) is 13.2. The quantitative estimate of drug-likeness (QED) is 0.332. The zero-order chi connectivity index (χ0) is 27.1. The molecule has 0 radical (unpaired) electrons. The van der Waals surface area contributed by atoms with Gasteiger partial charge in [-0.25, -0.2) is 9.67 Å². The number of fused-ring (bicyclic) bond motifs is 2. The first-order valence-electron chi connectivity index (χ1n) is 12.3. The highest BCUT2D eigenvalue weighted by Gasteiger charge is 2.21. The second kappa shape index (κ2) is 9.91. The lowest BCUT2D eigenvalue weighted by Gasteiger charge is -2.09. The smallest absolute Gasteiger partial charge is 0.268 e. The molecule has 1 N–H and O–H groups in total. The third kappa shape index (κ3) is 4.50. The maximum Gasteiger partial charge on any atom is 0.268 e. The van der Waals surface area contributed by atoms with Crippen molar-refractivity contribution in [2.75, 3.05) is 13.9 Å². The van der Waals surface area contributed by atoms with E-state index in [2.05, 4.69) is 10.3 Å². The number of benzene rings is 2. The van der Waals surface area contributed by atoms with Crippen molar-refractivity contribution in [3.8, 4) is 34.2 Å².